The molecule has 0 aliphatic rings. The number of esters is 1. The number of anilines is 1. The topological polar surface area (TPSA) is 108 Å². The number of ether oxygens (including phenoxy) is 2. The van der Waals surface area contributed by atoms with Crippen molar-refractivity contribution >= 4 is 21.9 Å². The number of methoxy groups -OCH3 is 1. The lowest BCUT2D eigenvalue weighted by atomic mass is 10.3. The van der Waals surface area contributed by atoms with E-state index in [0.29, 0.717) is 11.4 Å². The van der Waals surface area contributed by atoms with Gasteiger partial charge in [-0.15, -0.1) is 0 Å². The molecule has 0 amide bonds. The van der Waals surface area contributed by atoms with Gasteiger partial charge in [-0.2, -0.15) is 8.42 Å². The Balaban J connectivity index is 2.59. The molecule has 0 atom stereocenters. The summed E-state index contributed by atoms with van der Waals surface area (Å²) in [4.78, 5) is 10.8. The summed E-state index contributed by atoms with van der Waals surface area (Å²) in [7, 11) is -2.53. The Morgan fingerprint density at radius 1 is 1.35 bits per heavy atom. The average molecular weight is 260 g/mol. The highest BCUT2D eigenvalue weighted by atomic mass is 32.2. The SMILES string of the molecule is COC(=O)COc1ccc(NS(N)(=O)=O)cc1. The molecule has 8 heteroatoms. The van der Waals surface area contributed by atoms with Crippen LogP contribution in [0.25, 0.3) is 0 Å². The molecule has 7 nitrogen and oxygen atoms in total. The van der Waals surface area contributed by atoms with E-state index in [2.05, 4.69) is 9.46 Å². The molecule has 0 saturated carbocycles. The second kappa shape index (κ2) is 5.51. The minimum atomic E-state index is -3.78. The quantitative estimate of drug-likeness (QED) is 0.716. The van der Waals surface area contributed by atoms with E-state index in [4.69, 9.17) is 9.88 Å². The van der Waals surface area contributed by atoms with Gasteiger partial charge in [0.05, 0.1) is 7.11 Å². The van der Waals surface area contributed by atoms with Crippen LogP contribution in [0.2, 0.25) is 0 Å². The molecule has 1 rings (SSSR count). The summed E-state index contributed by atoms with van der Waals surface area (Å²) in [6.07, 6.45) is 0. The monoisotopic (exact) mass is 260 g/mol. The molecule has 94 valence electrons. The van der Waals surface area contributed by atoms with E-state index in [1.165, 1.54) is 31.4 Å². The fourth-order valence-electron chi connectivity index (χ4n) is 0.985. The summed E-state index contributed by atoms with van der Waals surface area (Å²) < 4.78 is 33.0. The number of carbonyl (C=O) groups is 1. The summed E-state index contributed by atoms with van der Waals surface area (Å²) in [6.45, 7) is -0.210. The lowest BCUT2D eigenvalue weighted by molar-refractivity contribution is -0.142. The molecule has 0 aliphatic heterocycles. The second-order valence-electron chi connectivity index (χ2n) is 3.04. The first-order valence-corrected chi connectivity index (χ1v) is 6.05. The Hall–Kier alpha value is -1.80. The van der Waals surface area contributed by atoms with Crippen LogP contribution in [0.4, 0.5) is 5.69 Å². The minimum Gasteiger partial charge on any atom is -0.482 e. The van der Waals surface area contributed by atoms with Crippen molar-refractivity contribution in [1.29, 1.82) is 0 Å². The highest BCUT2D eigenvalue weighted by Gasteiger charge is 2.04. The average Bonchev–Trinajstić information content (AvgIpc) is 2.25. The molecular formula is C9H12N2O5S. The molecule has 3 N–H and O–H groups in total. The van der Waals surface area contributed by atoms with E-state index >= 15 is 0 Å². The summed E-state index contributed by atoms with van der Waals surface area (Å²) in [5.74, 6) is -0.0906. The number of hydrogen-bond acceptors (Lipinski definition) is 5. The van der Waals surface area contributed by atoms with Crippen LogP contribution in [-0.4, -0.2) is 28.1 Å². The number of nitrogens with two attached hydrogens (primary N) is 1. The Labute approximate surface area is 98.7 Å². The van der Waals surface area contributed by atoms with Gasteiger partial charge in [0, 0.05) is 5.69 Å². The third kappa shape index (κ3) is 5.18. The molecular weight excluding hydrogens is 248 g/mol. The molecule has 0 spiro atoms. The standard InChI is InChI=1S/C9H12N2O5S/c1-15-9(12)6-16-8-4-2-7(3-5-8)11-17(10,13)14/h2-5,11H,6H2,1H3,(H2,10,13,14). The number of hydrogen-bond donors (Lipinski definition) is 2. The first-order chi connectivity index (χ1) is 7.90. The van der Waals surface area contributed by atoms with E-state index in [1.54, 1.807) is 0 Å². The van der Waals surface area contributed by atoms with Gasteiger partial charge < -0.3 is 9.47 Å². The van der Waals surface area contributed by atoms with Gasteiger partial charge >= 0.3 is 5.97 Å². The molecule has 1 aromatic rings. The van der Waals surface area contributed by atoms with Gasteiger partial charge in [0.2, 0.25) is 0 Å². The maximum atomic E-state index is 10.8. The van der Waals surface area contributed by atoms with Gasteiger partial charge in [0.25, 0.3) is 10.2 Å². The Bertz CT molecular complexity index is 483. The highest BCUT2D eigenvalue weighted by molar-refractivity contribution is 7.90. The van der Waals surface area contributed by atoms with Crippen molar-refractivity contribution in [2.45, 2.75) is 0 Å². The second-order valence-corrected chi connectivity index (χ2v) is 4.33. The predicted octanol–water partition coefficient (Wildman–Crippen LogP) is -0.146. The van der Waals surface area contributed by atoms with Crippen LogP contribution in [0.1, 0.15) is 0 Å². The van der Waals surface area contributed by atoms with Gasteiger partial charge in [-0.05, 0) is 24.3 Å². The Morgan fingerprint density at radius 3 is 2.41 bits per heavy atom. The van der Waals surface area contributed by atoms with Gasteiger partial charge in [-0.1, -0.05) is 0 Å². The van der Waals surface area contributed by atoms with E-state index in [0.717, 1.165) is 0 Å². The zero-order chi connectivity index (χ0) is 12.9. The largest absolute Gasteiger partial charge is 0.482 e. The van der Waals surface area contributed by atoms with Crippen LogP contribution in [0, 0.1) is 0 Å². The number of rotatable bonds is 5. The molecule has 0 radical (unpaired) electrons. The first kappa shape index (κ1) is 13.3. The van der Waals surface area contributed by atoms with E-state index < -0.39 is 16.2 Å². The van der Waals surface area contributed by atoms with Crippen LogP contribution in [0.5, 0.6) is 5.75 Å². The van der Waals surface area contributed by atoms with Crippen molar-refractivity contribution in [3.8, 4) is 5.75 Å². The van der Waals surface area contributed by atoms with Gasteiger partial charge in [-0.3, -0.25) is 4.72 Å². The van der Waals surface area contributed by atoms with Crippen molar-refractivity contribution in [2.24, 2.45) is 5.14 Å². The smallest absolute Gasteiger partial charge is 0.343 e. The van der Waals surface area contributed by atoms with Gasteiger partial charge in [-0.25, -0.2) is 9.93 Å². The van der Waals surface area contributed by atoms with E-state index in [9.17, 15) is 13.2 Å². The number of nitrogens with one attached hydrogen (secondary N) is 1. The molecule has 0 heterocycles. The van der Waals surface area contributed by atoms with Crippen LogP contribution in [0.15, 0.2) is 24.3 Å². The molecule has 0 aliphatic carbocycles. The summed E-state index contributed by atoms with van der Waals surface area (Å²) in [6, 6.07) is 5.90. The first-order valence-electron chi connectivity index (χ1n) is 4.51. The number of carbonyl (C=O) groups excluding carboxylic acids is 1. The van der Waals surface area contributed by atoms with E-state index in [1.807, 2.05) is 0 Å². The lowest BCUT2D eigenvalue weighted by Gasteiger charge is -2.06. The zero-order valence-electron chi connectivity index (χ0n) is 9.04. The van der Waals surface area contributed by atoms with E-state index in [-0.39, 0.29) is 6.61 Å². The van der Waals surface area contributed by atoms with Crippen molar-refractivity contribution < 1.29 is 22.7 Å². The maximum Gasteiger partial charge on any atom is 0.343 e. The summed E-state index contributed by atoms with van der Waals surface area (Å²) >= 11 is 0. The fourth-order valence-corrected chi connectivity index (χ4v) is 1.45. The minimum absolute atomic E-state index is 0.210. The molecule has 0 unspecified atom stereocenters. The molecule has 0 bridgehead atoms. The maximum absolute atomic E-state index is 10.8. The fraction of sp³-hybridized carbons (Fsp3) is 0.222. The van der Waals surface area contributed by atoms with Crippen molar-refractivity contribution in [2.75, 3.05) is 18.4 Å². The normalized spacial score (nSPS) is 10.7. The van der Waals surface area contributed by atoms with Crippen LogP contribution in [0.3, 0.4) is 0 Å². The molecule has 17 heavy (non-hydrogen) atoms. The summed E-state index contributed by atoms with van der Waals surface area (Å²) in [5.41, 5.74) is 0.304. The third-order valence-electron chi connectivity index (χ3n) is 1.70. The van der Waals surface area contributed by atoms with Gasteiger partial charge in [0.1, 0.15) is 5.75 Å². The molecule has 0 aromatic heterocycles. The van der Waals surface area contributed by atoms with Gasteiger partial charge in [0.15, 0.2) is 6.61 Å². The van der Waals surface area contributed by atoms with Crippen molar-refractivity contribution in [3.05, 3.63) is 24.3 Å². The predicted molar refractivity (Wildman–Crippen MR) is 60.7 cm³/mol. The lowest BCUT2D eigenvalue weighted by Crippen LogP contribution is -2.21. The zero-order valence-corrected chi connectivity index (χ0v) is 9.86. The van der Waals surface area contributed by atoms with Crippen molar-refractivity contribution in [3.63, 3.8) is 0 Å². The molecule has 0 saturated heterocycles. The van der Waals surface area contributed by atoms with Crippen molar-refractivity contribution in [1.82, 2.24) is 0 Å². The third-order valence-corrected chi connectivity index (χ3v) is 2.22. The molecule has 1 aromatic carbocycles. The van der Waals surface area contributed by atoms with Crippen LogP contribution >= 0.6 is 0 Å². The highest BCUT2D eigenvalue weighted by Crippen LogP contribution is 2.15. The molecule has 0 fully saturated rings. The summed E-state index contributed by atoms with van der Waals surface area (Å²) in [5, 5.41) is 4.79. The Morgan fingerprint density at radius 2 is 1.94 bits per heavy atom. The van der Waals surface area contributed by atoms with Crippen LogP contribution < -0.4 is 14.6 Å². The van der Waals surface area contributed by atoms with Crippen LogP contribution in [-0.2, 0) is 19.7 Å². The number of benzene rings is 1. The Kier molecular flexibility index (Phi) is 4.30.